The minimum absolute atomic E-state index is 0.0498. The first-order valence-electron chi connectivity index (χ1n) is 31.3. The van der Waals surface area contributed by atoms with Crippen molar-refractivity contribution in [1.82, 2.24) is 5.32 Å². The number of quaternary nitrogens is 1. The predicted octanol–water partition coefficient (Wildman–Crippen LogP) is 19.5. The van der Waals surface area contributed by atoms with E-state index in [1.807, 2.05) is 27.2 Å². The van der Waals surface area contributed by atoms with Gasteiger partial charge in [0.25, 0.3) is 0 Å². The number of hydrogen-bond donors (Lipinski definition) is 3. The second-order valence-electron chi connectivity index (χ2n) is 22.0. The summed E-state index contributed by atoms with van der Waals surface area (Å²) in [4.78, 5) is 23.4. The van der Waals surface area contributed by atoms with Crippen molar-refractivity contribution in [3.8, 4) is 0 Å². The zero-order chi connectivity index (χ0) is 55.6. The molecular formula is C67H120N2O6P+. The number of nitrogens with zero attached hydrogens (tertiary/aromatic N) is 1. The topological polar surface area (TPSA) is 105 Å². The molecule has 9 heteroatoms. The lowest BCUT2D eigenvalue weighted by molar-refractivity contribution is -0.870. The van der Waals surface area contributed by atoms with E-state index >= 15 is 0 Å². The molecule has 0 aliphatic carbocycles. The molecule has 1 amide bonds. The summed E-state index contributed by atoms with van der Waals surface area (Å²) in [5.41, 5.74) is 0. The lowest BCUT2D eigenvalue weighted by atomic mass is 10.0. The number of aliphatic hydroxyl groups excluding tert-OH is 1. The van der Waals surface area contributed by atoms with E-state index in [2.05, 4.69) is 116 Å². The van der Waals surface area contributed by atoms with Gasteiger partial charge in [-0.05, 0) is 89.9 Å². The van der Waals surface area contributed by atoms with Crippen LogP contribution < -0.4 is 5.32 Å². The molecule has 76 heavy (non-hydrogen) atoms. The SMILES string of the molecule is CC/C=C\C/C=C\C/C=C\C/C=C\C/C=C\C/C=C\C/C=C\CCCCCCCCCCCC(=O)NC(COP(=O)(O)OCC[N+](C)(C)C)C(O)/C=C/CC/C=C/CCCCCCCCCCCCCCCCCCC. The normalized spacial score (nSPS) is 14.6. The number of carbonyl (C=O) groups is 1. The van der Waals surface area contributed by atoms with Gasteiger partial charge in [-0.1, -0.05) is 271 Å². The van der Waals surface area contributed by atoms with Crippen molar-refractivity contribution in [2.75, 3.05) is 40.9 Å². The Bertz CT molecular complexity index is 1600. The van der Waals surface area contributed by atoms with E-state index in [-0.39, 0.29) is 19.1 Å². The highest BCUT2D eigenvalue weighted by Crippen LogP contribution is 2.43. The first-order valence-corrected chi connectivity index (χ1v) is 32.8. The molecule has 0 aliphatic rings. The minimum atomic E-state index is -4.37. The lowest BCUT2D eigenvalue weighted by Gasteiger charge is -2.25. The van der Waals surface area contributed by atoms with Crippen molar-refractivity contribution in [2.45, 2.75) is 270 Å². The summed E-state index contributed by atoms with van der Waals surface area (Å²) in [6.45, 7) is 4.69. The molecule has 0 aliphatic heterocycles. The Morgan fingerprint density at radius 3 is 1.21 bits per heavy atom. The van der Waals surface area contributed by atoms with E-state index in [0.717, 1.165) is 89.9 Å². The summed E-state index contributed by atoms with van der Waals surface area (Å²) in [5, 5.41) is 13.9. The summed E-state index contributed by atoms with van der Waals surface area (Å²) in [7, 11) is 1.54. The molecule has 0 spiro atoms. The average molecular weight is 1080 g/mol. The number of phosphoric acid groups is 1. The Hall–Kier alpha value is -2.84. The molecule has 3 atom stereocenters. The van der Waals surface area contributed by atoms with Crippen LogP contribution in [0.1, 0.15) is 258 Å². The number of nitrogens with one attached hydrogen (secondary N) is 1. The second kappa shape index (κ2) is 56.9. The van der Waals surface area contributed by atoms with Gasteiger partial charge >= 0.3 is 7.82 Å². The molecule has 0 saturated carbocycles. The highest BCUT2D eigenvalue weighted by atomic mass is 31.2. The number of carbonyl (C=O) groups excluding carboxylic acids is 1. The first kappa shape index (κ1) is 73.2. The van der Waals surface area contributed by atoms with Crippen molar-refractivity contribution >= 4 is 13.7 Å². The highest BCUT2D eigenvalue weighted by Gasteiger charge is 2.27. The number of hydrogen-bond acceptors (Lipinski definition) is 5. The molecule has 0 bridgehead atoms. The van der Waals surface area contributed by atoms with Crippen LogP contribution in [-0.2, 0) is 18.4 Å². The van der Waals surface area contributed by atoms with Crippen LogP contribution in [-0.4, -0.2) is 73.4 Å². The molecule has 0 saturated heterocycles. The van der Waals surface area contributed by atoms with E-state index < -0.39 is 20.0 Å². The van der Waals surface area contributed by atoms with Crippen LogP contribution in [0.25, 0.3) is 0 Å². The molecule has 0 fully saturated rings. The molecule has 0 aromatic rings. The molecule has 438 valence electrons. The fourth-order valence-corrected chi connectivity index (χ4v) is 9.36. The van der Waals surface area contributed by atoms with E-state index in [1.165, 1.54) is 148 Å². The standard InChI is InChI=1S/C67H119N2O6P/c1-6-8-10-12-14-16-18-20-22-24-26-28-30-31-32-33-34-35-36-37-39-41-43-45-47-49-51-53-55-57-59-61-67(71)68-65(64-75-76(72,73)74-63-62-69(3,4)5)66(70)60-58-56-54-52-50-48-46-44-42-40-38-29-27-25-23-21-19-17-15-13-11-9-7-2/h8,10,14,16,20,22,26,28,31-32,34-35,37,39,50,52,58,60,65-66,70H,6-7,9,11-13,15,17-19,21,23-25,27,29-30,33,36,38,40-49,51,53-57,59,61-64H2,1-5H3,(H-,68,71,72,73)/p+1/b10-8-,16-14-,22-20-,28-26-,32-31-,35-34-,39-37-,52-50+,60-58+. The smallest absolute Gasteiger partial charge is 0.387 e. The predicted molar refractivity (Wildman–Crippen MR) is 332 cm³/mol. The summed E-state index contributed by atoms with van der Waals surface area (Å²) < 4.78 is 23.7. The molecule has 3 unspecified atom stereocenters. The monoisotopic (exact) mass is 1080 g/mol. The van der Waals surface area contributed by atoms with Crippen molar-refractivity contribution in [3.05, 3.63) is 109 Å². The maximum Gasteiger partial charge on any atom is 0.472 e. The van der Waals surface area contributed by atoms with Crippen molar-refractivity contribution in [3.63, 3.8) is 0 Å². The van der Waals surface area contributed by atoms with Crippen LogP contribution in [0.5, 0.6) is 0 Å². The van der Waals surface area contributed by atoms with Gasteiger partial charge in [0, 0.05) is 6.42 Å². The Morgan fingerprint density at radius 2 is 0.803 bits per heavy atom. The number of aliphatic hydroxyl groups is 1. The van der Waals surface area contributed by atoms with Gasteiger partial charge in [0.2, 0.25) is 5.91 Å². The van der Waals surface area contributed by atoms with Gasteiger partial charge in [-0.25, -0.2) is 4.57 Å². The summed E-state index contributed by atoms with van der Waals surface area (Å²) in [5.74, 6) is -0.196. The molecular weight excluding hydrogens is 960 g/mol. The van der Waals surface area contributed by atoms with E-state index in [9.17, 15) is 19.4 Å². The molecule has 8 nitrogen and oxygen atoms in total. The molecule has 0 rings (SSSR count). The van der Waals surface area contributed by atoms with Gasteiger partial charge in [0.05, 0.1) is 39.9 Å². The van der Waals surface area contributed by atoms with Gasteiger partial charge in [0.1, 0.15) is 13.2 Å². The largest absolute Gasteiger partial charge is 0.472 e. The third-order valence-corrected chi connectivity index (χ3v) is 14.5. The number of allylic oxidation sites excluding steroid dienone is 17. The van der Waals surface area contributed by atoms with Crippen molar-refractivity contribution < 1.29 is 32.9 Å². The quantitative estimate of drug-likeness (QED) is 0.0243. The zero-order valence-corrected chi connectivity index (χ0v) is 50.9. The number of likely N-dealkylation sites (N-methyl/N-ethyl adjacent to an activating group) is 1. The fourth-order valence-electron chi connectivity index (χ4n) is 8.63. The van der Waals surface area contributed by atoms with E-state index in [1.54, 1.807) is 6.08 Å². The fraction of sp³-hybridized carbons (Fsp3) is 0.716. The van der Waals surface area contributed by atoms with Gasteiger partial charge in [0.15, 0.2) is 0 Å². The van der Waals surface area contributed by atoms with Crippen molar-refractivity contribution in [2.24, 2.45) is 0 Å². The Balaban J connectivity index is 4.24. The zero-order valence-electron chi connectivity index (χ0n) is 50.0. The number of unbranched alkanes of at least 4 members (excludes halogenated alkanes) is 27. The van der Waals surface area contributed by atoms with Crippen LogP contribution in [0.15, 0.2) is 109 Å². The van der Waals surface area contributed by atoms with Gasteiger partial charge < -0.3 is 19.8 Å². The minimum Gasteiger partial charge on any atom is -0.387 e. The van der Waals surface area contributed by atoms with Crippen LogP contribution in [0.4, 0.5) is 0 Å². The summed E-state index contributed by atoms with van der Waals surface area (Å²) in [6.07, 6.45) is 83.4. The van der Waals surface area contributed by atoms with Gasteiger partial charge in [-0.15, -0.1) is 0 Å². The van der Waals surface area contributed by atoms with E-state index in [4.69, 9.17) is 9.05 Å². The van der Waals surface area contributed by atoms with Gasteiger partial charge in [-0.3, -0.25) is 13.8 Å². The third-order valence-electron chi connectivity index (χ3n) is 13.5. The summed E-state index contributed by atoms with van der Waals surface area (Å²) >= 11 is 0. The number of rotatable bonds is 56. The maximum absolute atomic E-state index is 13.0. The van der Waals surface area contributed by atoms with Crippen LogP contribution >= 0.6 is 7.82 Å². The third kappa shape index (κ3) is 58.8. The lowest BCUT2D eigenvalue weighted by Crippen LogP contribution is -2.45. The van der Waals surface area contributed by atoms with Crippen LogP contribution in [0.3, 0.4) is 0 Å². The van der Waals surface area contributed by atoms with Gasteiger partial charge in [-0.2, -0.15) is 0 Å². The molecule has 0 heterocycles. The van der Waals surface area contributed by atoms with E-state index in [0.29, 0.717) is 17.4 Å². The molecule has 0 radical (unpaired) electrons. The number of phosphoric ester groups is 1. The molecule has 0 aromatic heterocycles. The highest BCUT2D eigenvalue weighted by molar-refractivity contribution is 7.47. The van der Waals surface area contributed by atoms with Crippen LogP contribution in [0.2, 0.25) is 0 Å². The average Bonchev–Trinajstić information content (AvgIpc) is 3.38. The Morgan fingerprint density at radius 1 is 0.461 bits per heavy atom. The second-order valence-corrected chi connectivity index (χ2v) is 23.5. The van der Waals surface area contributed by atoms with Crippen molar-refractivity contribution in [1.29, 1.82) is 0 Å². The van der Waals surface area contributed by atoms with Crippen LogP contribution in [0, 0.1) is 0 Å². The molecule has 0 aromatic carbocycles. The Labute approximate surface area is 470 Å². The maximum atomic E-state index is 13.0. The Kier molecular flexibility index (Phi) is 54.7. The molecule has 3 N–H and O–H groups in total. The number of amides is 1. The first-order chi connectivity index (χ1) is 37.0. The summed E-state index contributed by atoms with van der Waals surface area (Å²) in [6, 6.07) is -0.875.